The highest BCUT2D eigenvalue weighted by Crippen LogP contribution is 2.18. The van der Waals surface area contributed by atoms with Crippen molar-refractivity contribution in [2.45, 2.75) is 25.3 Å². The normalized spacial score (nSPS) is 19.2. The molecule has 2 rings (SSSR count). The number of hydrogen-bond donors (Lipinski definition) is 3. The average Bonchev–Trinajstić information content (AvgIpc) is 2.38. The number of H-pyrrole nitrogens is 2. The van der Waals surface area contributed by atoms with Crippen LogP contribution >= 0.6 is 0 Å². The van der Waals surface area contributed by atoms with Gasteiger partial charge >= 0.3 is 11.7 Å². The Bertz CT molecular complexity index is 617. The van der Waals surface area contributed by atoms with E-state index >= 15 is 0 Å². The number of nitrogens with zero attached hydrogens (tertiary/aromatic N) is 1. The molecular weight excluding hydrogens is 254 g/mol. The largest absolute Gasteiger partial charge is 0.480 e. The van der Waals surface area contributed by atoms with Crippen LogP contribution in [-0.4, -0.2) is 44.4 Å². The fourth-order valence-electron chi connectivity index (χ4n) is 2.15. The molecule has 0 aromatic carbocycles. The van der Waals surface area contributed by atoms with Gasteiger partial charge in [-0.3, -0.25) is 14.6 Å². The van der Waals surface area contributed by atoms with Crippen molar-refractivity contribution in [3.05, 3.63) is 32.6 Å². The van der Waals surface area contributed by atoms with Gasteiger partial charge in [0.1, 0.15) is 11.6 Å². The predicted molar refractivity (Wildman–Crippen MR) is 64.0 cm³/mol. The van der Waals surface area contributed by atoms with E-state index in [9.17, 15) is 19.2 Å². The summed E-state index contributed by atoms with van der Waals surface area (Å²) in [6, 6.07) is -0.924. The third kappa shape index (κ3) is 2.56. The highest BCUT2D eigenvalue weighted by molar-refractivity contribution is 5.96. The Hall–Kier alpha value is -2.38. The Kier molecular flexibility index (Phi) is 3.50. The Morgan fingerprint density at radius 2 is 2.05 bits per heavy atom. The second-order valence-electron chi connectivity index (χ2n) is 4.33. The topological polar surface area (TPSA) is 123 Å². The molecule has 1 fully saturated rings. The molecule has 1 aliphatic heterocycles. The highest BCUT2D eigenvalue weighted by atomic mass is 16.4. The molecule has 102 valence electrons. The number of aliphatic carboxylic acids is 1. The fourth-order valence-corrected chi connectivity index (χ4v) is 2.15. The molecule has 1 aliphatic rings. The van der Waals surface area contributed by atoms with Crippen LogP contribution < -0.4 is 11.2 Å². The molecule has 8 heteroatoms. The van der Waals surface area contributed by atoms with Crippen LogP contribution in [0.25, 0.3) is 0 Å². The van der Waals surface area contributed by atoms with Gasteiger partial charge in [-0.15, -0.1) is 0 Å². The molecule has 1 saturated heterocycles. The first kappa shape index (κ1) is 13.1. The molecule has 0 saturated carbocycles. The van der Waals surface area contributed by atoms with Crippen LogP contribution in [-0.2, 0) is 4.79 Å². The van der Waals surface area contributed by atoms with Crippen LogP contribution in [0.4, 0.5) is 0 Å². The van der Waals surface area contributed by atoms with E-state index in [0.717, 1.165) is 17.5 Å². The van der Waals surface area contributed by atoms with Crippen molar-refractivity contribution in [3.63, 3.8) is 0 Å². The molecule has 2 heterocycles. The number of hydrogen-bond acceptors (Lipinski definition) is 4. The van der Waals surface area contributed by atoms with Gasteiger partial charge in [-0.05, 0) is 19.3 Å². The maximum absolute atomic E-state index is 12.2. The number of aromatic amines is 2. The van der Waals surface area contributed by atoms with Gasteiger partial charge in [-0.25, -0.2) is 9.59 Å². The molecule has 3 N–H and O–H groups in total. The van der Waals surface area contributed by atoms with E-state index in [0.29, 0.717) is 12.8 Å². The van der Waals surface area contributed by atoms with Crippen LogP contribution in [0.3, 0.4) is 0 Å². The van der Waals surface area contributed by atoms with Crippen molar-refractivity contribution in [2.24, 2.45) is 0 Å². The second-order valence-corrected chi connectivity index (χ2v) is 4.33. The Morgan fingerprint density at radius 1 is 1.32 bits per heavy atom. The zero-order valence-electron chi connectivity index (χ0n) is 10.0. The Labute approximate surface area is 107 Å². The summed E-state index contributed by atoms with van der Waals surface area (Å²) in [4.78, 5) is 51.0. The van der Waals surface area contributed by atoms with E-state index in [4.69, 9.17) is 5.11 Å². The average molecular weight is 267 g/mol. The summed E-state index contributed by atoms with van der Waals surface area (Å²) in [6.07, 6.45) is 2.79. The van der Waals surface area contributed by atoms with Gasteiger partial charge in [-0.2, -0.15) is 0 Å². The number of aromatic nitrogens is 2. The van der Waals surface area contributed by atoms with Crippen LogP contribution in [0.1, 0.15) is 29.6 Å². The second kappa shape index (κ2) is 5.09. The van der Waals surface area contributed by atoms with Crippen molar-refractivity contribution >= 4 is 11.9 Å². The van der Waals surface area contributed by atoms with Gasteiger partial charge in [0.15, 0.2) is 0 Å². The zero-order chi connectivity index (χ0) is 14.0. The lowest BCUT2D eigenvalue weighted by molar-refractivity contribution is -0.143. The van der Waals surface area contributed by atoms with Gasteiger partial charge in [0, 0.05) is 12.7 Å². The first-order valence-electron chi connectivity index (χ1n) is 5.86. The number of rotatable bonds is 2. The minimum Gasteiger partial charge on any atom is -0.480 e. The minimum absolute atomic E-state index is 0.257. The standard InChI is InChI=1S/C11H13N3O5/c15-8-6(5-12-11(19)13-8)9(16)14-4-2-1-3-7(14)10(17)18/h5,7H,1-4H2,(H,17,18)(H2,12,13,15,19). The van der Waals surface area contributed by atoms with Gasteiger partial charge in [-0.1, -0.05) is 0 Å². The smallest absolute Gasteiger partial charge is 0.326 e. The fraction of sp³-hybridized carbons (Fsp3) is 0.455. The third-order valence-corrected chi connectivity index (χ3v) is 3.10. The van der Waals surface area contributed by atoms with Crippen LogP contribution in [0.2, 0.25) is 0 Å². The quantitative estimate of drug-likeness (QED) is 0.643. The molecule has 1 atom stereocenters. The van der Waals surface area contributed by atoms with Gasteiger partial charge in [0.2, 0.25) is 0 Å². The van der Waals surface area contributed by atoms with Crippen molar-refractivity contribution in [3.8, 4) is 0 Å². The van der Waals surface area contributed by atoms with Crippen molar-refractivity contribution in [1.82, 2.24) is 14.9 Å². The number of likely N-dealkylation sites (tertiary alicyclic amines) is 1. The maximum atomic E-state index is 12.2. The molecule has 1 aromatic heterocycles. The summed E-state index contributed by atoms with van der Waals surface area (Å²) in [5, 5.41) is 9.08. The predicted octanol–water partition coefficient (Wildman–Crippen LogP) is -0.857. The van der Waals surface area contributed by atoms with E-state index in [1.165, 1.54) is 0 Å². The van der Waals surface area contributed by atoms with Crippen molar-refractivity contribution in [2.75, 3.05) is 6.54 Å². The SMILES string of the molecule is O=C(O)C1CCCCN1C(=O)c1c[nH]c(=O)[nH]c1=O. The Balaban J connectivity index is 2.34. The van der Waals surface area contributed by atoms with Gasteiger partial charge in [0.05, 0.1) is 0 Å². The number of piperidine rings is 1. The van der Waals surface area contributed by atoms with Gasteiger partial charge in [0.25, 0.3) is 11.5 Å². The first-order valence-corrected chi connectivity index (χ1v) is 5.86. The van der Waals surface area contributed by atoms with Crippen molar-refractivity contribution < 1.29 is 14.7 Å². The third-order valence-electron chi connectivity index (χ3n) is 3.10. The number of nitrogens with one attached hydrogen (secondary N) is 2. The molecule has 1 amide bonds. The monoisotopic (exact) mass is 267 g/mol. The summed E-state index contributed by atoms with van der Waals surface area (Å²) in [6.45, 7) is 0.286. The molecule has 1 aromatic rings. The summed E-state index contributed by atoms with van der Waals surface area (Å²) in [5.74, 6) is -1.77. The summed E-state index contributed by atoms with van der Waals surface area (Å²) in [7, 11) is 0. The van der Waals surface area contributed by atoms with Crippen LogP contribution in [0.15, 0.2) is 15.8 Å². The molecule has 1 unspecified atom stereocenters. The molecule has 8 nitrogen and oxygen atoms in total. The molecule has 0 aliphatic carbocycles. The Morgan fingerprint density at radius 3 is 2.68 bits per heavy atom. The lowest BCUT2D eigenvalue weighted by Crippen LogP contribution is -2.49. The molecule has 0 bridgehead atoms. The van der Waals surface area contributed by atoms with Gasteiger partial charge < -0.3 is 15.0 Å². The molecular formula is C11H13N3O5. The summed E-state index contributed by atoms with van der Waals surface area (Å²) < 4.78 is 0. The van der Waals surface area contributed by atoms with E-state index < -0.39 is 29.2 Å². The summed E-state index contributed by atoms with van der Waals surface area (Å²) in [5.41, 5.74) is -1.79. The minimum atomic E-state index is -1.09. The first-order chi connectivity index (χ1) is 9.00. The lowest BCUT2D eigenvalue weighted by Gasteiger charge is -2.32. The van der Waals surface area contributed by atoms with Crippen molar-refractivity contribution in [1.29, 1.82) is 0 Å². The number of carbonyl (C=O) groups excluding carboxylic acids is 1. The van der Waals surface area contributed by atoms with E-state index in [2.05, 4.69) is 4.98 Å². The summed E-state index contributed by atoms with van der Waals surface area (Å²) >= 11 is 0. The van der Waals surface area contributed by atoms with Crippen LogP contribution in [0, 0.1) is 0 Å². The molecule has 0 spiro atoms. The lowest BCUT2D eigenvalue weighted by atomic mass is 10.0. The number of amides is 1. The number of carbonyl (C=O) groups is 2. The van der Waals surface area contributed by atoms with E-state index in [-0.39, 0.29) is 12.1 Å². The molecule has 19 heavy (non-hydrogen) atoms. The maximum Gasteiger partial charge on any atom is 0.326 e. The van der Waals surface area contributed by atoms with Crippen LogP contribution in [0.5, 0.6) is 0 Å². The number of carboxylic acid groups (broad SMARTS) is 1. The van der Waals surface area contributed by atoms with E-state index in [1.54, 1.807) is 0 Å². The number of carboxylic acids is 1. The highest BCUT2D eigenvalue weighted by Gasteiger charge is 2.33. The van der Waals surface area contributed by atoms with E-state index in [1.807, 2.05) is 4.98 Å². The zero-order valence-corrected chi connectivity index (χ0v) is 10.0. The molecule has 0 radical (unpaired) electrons.